The molecule has 0 aromatic heterocycles. The number of hydrogen-bond acceptors (Lipinski definition) is 4. The van der Waals surface area contributed by atoms with Crippen molar-refractivity contribution in [1.29, 1.82) is 0 Å². The van der Waals surface area contributed by atoms with Gasteiger partial charge in [0.25, 0.3) is 5.91 Å². The van der Waals surface area contributed by atoms with Crippen molar-refractivity contribution in [3.8, 4) is 0 Å². The Bertz CT molecular complexity index is 423. The van der Waals surface area contributed by atoms with E-state index in [-0.39, 0.29) is 11.7 Å². The second-order valence-corrected chi connectivity index (χ2v) is 3.21. The first-order valence-corrected chi connectivity index (χ1v) is 4.92. The molecule has 0 atom stereocenters. The van der Waals surface area contributed by atoms with E-state index in [1.54, 1.807) is 30.3 Å². The second kappa shape index (κ2) is 6.57. The minimum Gasteiger partial charge on any atom is -0.388 e. The third-order valence-electron chi connectivity index (χ3n) is 2.01. The zero-order chi connectivity index (χ0) is 12.7. The Labute approximate surface area is 98.7 Å². The lowest BCUT2D eigenvalue weighted by molar-refractivity contribution is -0.126. The van der Waals surface area contributed by atoms with Crippen LogP contribution in [0.3, 0.4) is 0 Å². The number of hydrogen-bond donors (Lipinski definition) is 2. The molecule has 5 heteroatoms. The zero-order valence-corrected chi connectivity index (χ0v) is 9.34. The van der Waals surface area contributed by atoms with Crippen molar-refractivity contribution in [1.82, 2.24) is 5.48 Å². The fourth-order valence-corrected chi connectivity index (χ4v) is 1.18. The van der Waals surface area contributed by atoms with Gasteiger partial charge in [-0.1, -0.05) is 24.3 Å². The highest BCUT2D eigenvalue weighted by atomic mass is 16.6. The second-order valence-electron chi connectivity index (χ2n) is 3.21. The van der Waals surface area contributed by atoms with Crippen molar-refractivity contribution >= 4 is 17.8 Å². The largest absolute Gasteiger partial charge is 0.388 e. The van der Waals surface area contributed by atoms with E-state index in [9.17, 15) is 9.59 Å². The smallest absolute Gasteiger partial charge is 0.267 e. The van der Waals surface area contributed by atoms with E-state index in [2.05, 4.69) is 10.3 Å². The van der Waals surface area contributed by atoms with Crippen molar-refractivity contribution in [3.63, 3.8) is 0 Å². The molecule has 0 aliphatic carbocycles. The Morgan fingerprint density at radius 2 is 2.00 bits per heavy atom. The summed E-state index contributed by atoms with van der Waals surface area (Å²) in [6, 6.07) is 6.54. The lowest BCUT2D eigenvalue weighted by atomic mass is 10.1. The summed E-state index contributed by atoms with van der Waals surface area (Å²) in [5.74, 6) is -0.708. The van der Waals surface area contributed by atoms with Gasteiger partial charge in [-0.3, -0.25) is 14.4 Å². The number of carbonyl (C=O) groups is 2. The third kappa shape index (κ3) is 4.18. The molecular weight excluding hydrogens is 222 g/mol. The zero-order valence-electron chi connectivity index (χ0n) is 9.34. The lowest BCUT2D eigenvalue weighted by Gasteiger charge is -1.98. The number of benzene rings is 1. The van der Waals surface area contributed by atoms with Crippen molar-refractivity contribution in [2.75, 3.05) is 13.7 Å². The molecule has 0 bridgehead atoms. The normalized spacial score (nSPS) is 10.5. The lowest BCUT2D eigenvalue weighted by Crippen LogP contribution is -2.18. The first kappa shape index (κ1) is 13.1. The van der Waals surface area contributed by atoms with Crippen LogP contribution >= 0.6 is 0 Å². The van der Waals surface area contributed by atoms with E-state index < -0.39 is 6.61 Å². The van der Waals surface area contributed by atoms with Gasteiger partial charge in [0.2, 0.25) is 0 Å². The Balaban J connectivity index is 2.68. The molecule has 0 saturated carbocycles. The van der Waals surface area contributed by atoms with Crippen LogP contribution in [0.5, 0.6) is 0 Å². The van der Waals surface area contributed by atoms with Gasteiger partial charge in [0.05, 0.1) is 7.11 Å². The van der Waals surface area contributed by atoms with Gasteiger partial charge in [-0.05, 0) is 11.6 Å². The van der Waals surface area contributed by atoms with Gasteiger partial charge in [0.1, 0.15) is 6.61 Å². The summed E-state index contributed by atoms with van der Waals surface area (Å²) in [6.07, 6.45) is 2.90. The van der Waals surface area contributed by atoms with Crippen LogP contribution in [0.25, 0.3) is 6.08 Å². The number of aliphatic hydroxyl groups excluding tert-OH is 1. The predicted octanol–water partition coefficient (Wildman–Crippen LogP) is 0.552. The van der Waals surface area contributed by atoms with Gasteiger partial charge in [-0.25, -0.2) is 5.48 Å². The van der Waals surface area contributed by atoms with E-state index in [1.165, 1.54) is 13.2 Å². The van der Waals surface area contributed by atoms with Crippen molar-refractivity contribution < 1.29 is 19.5 Å². The summed E-state index contributed by atoms with van der Waals surface area (Å²) in [4.78, 5) is 26.6. The standard InChI is InChI=1S/C12H13NO4/c1-17-13-12(16)7-4-9-2-5-10(6-3-9)11(15)8-14/h2-7,14H,8H2,1H3,(H,13,16)/b7-4+. The first-order chi connectivity index (χ1) is 8.17. The maximum absolute atomic E-state index is 11.1. The van der Waals surface area contributed by atoms with Crippen LogP contribution in [-0.4, -0.2) is 30.5 Å². The molecule has 17 heavy (non-hydrogen) atoms. The van der Waals surface area contributed by atoms with Crippen LogP contribution in [0.1, 0.15) is 15.9 Å². The molecule has 90 valence electrons. The first-order valence-electron chi connectivity index (χ1n) is 4.92. The summed E-state index contributed by atoms with van der Waals surface area (Å²) in [5, 5.41) is 8.66. The number of ketones is 1. The summed E-state index contributed by atoms with van der Waals surface area (Å²) >= 11 is 0. The number of hydroxylamine groups is 1. The van der Waals surface area contributed by atoms with Crippen molar-refractivity contribution in [2.24, 2.45) is 0 Å². The summed E-state index contributed by atoms with van der Waals surface area (Å²) in [6.45, 7) is -0.509. The number of rotatable bonds is 5. The SMILES string of the molecule is CONC(=O)/C=C/c1ccc(C(=O)CO)cc1. The minimum atomic E-state index is -0.509. The van der Waals surface area contributed by atoms with Crippen LogP contribution in [-0.2, 0) is 9.63 Å². The molecule has 0 unspecified atom stereocenters. The highest BCUT2D eigenvalue weighted by Gasteiger charge is 2.02. The maximum Gasteiger partial charge on any atom is 0.267 e. The summed E-state index contributed by atoms with van der Waals surface area (Å²) in [5.41, 5.74) is 3.35. The maximum atomic E-state index is 11.1. The summed E-state index contributed by atoms with van der Waals surface area (Å²) < 4.78 is 0. The molecule has 0 heterocycles. The number of carbonyl (C=O) groups excluding carboxylic acids is 2. The quantitative estimate of drug-likeness (QED) is 0.444. The Morgan fingerprint density at radius 1 is 1.35 bits per heavy atom. The molecule has 0 fully saturated rings. The van der Waals surface area contributed by atoms with Crippen LogP contribution in [0.4, 0.5) is 0 Å². The van der Waals surface area contributed by atoms with E-state index in [0.29, 0.717) is 5.56 Å². The Kier molecular flexibility index (Phi) is 5.06. The molecule has 0 radical (unpaired) electrons. The van der Waals surface area contributed by atoms with E-state index in [0.717, 1.165) is 5.56 Å². The number of Topliss-reactive ketones (excluding diaryl/α,β-unsaturated/α-hetero) is 1. The molecule has 1 amide bonds. The number of nitrogens with one attached hydrogen (secondary N) is 1. The fourth-order valence-electron chi connectivity index (χ4n) is 1.18. The molecule has 1 aromatic carbocycles. The van der Waals surface area contributed by atoms with Crippen molar-refractivity contribution in [3.05, 3.63) is 41.5 Å². The fraction of sp³-hybridized carbons (Fsp3) is 0.167. The van der Waals surface area contributed by atoms with Crippen molar-refractivity contribution in [2.45, 2.75) is 0 Å². The Hall–Kier alpha value is -1.98. The molecule has 1 aromatic rings. The predicted molar refractivity (Wildman–Crippen MR) is 62.0 cm³/mol. The molecule has 0 saturated heterocycles. The minimum absolute atomic E-state index is 0.336. The average molecular weight is 235 g/mol. The van der Waals surface area contributed by atoms with Gasteiger partial charge in [-0.15, -0.1) is 0 Å². The monoisotopic (exact) mass is 235 g/mol. The highest BCUT2D eigenvalue weighted by molar-refractivity contribution is 5.97. The van der Waals surface area contributed by atoms with E-state index >= 15 is 0 Å². The number of amides is 1. The molecule has 0 aliphatic rings. The van der Waals surface area contributed by atoms with Gasteiger partial charge < -0.3 is 5.11 Å². The molecule has 1 rings (SSSR count). The van der Waals surface area contributed by atoms with Gasteiger partial charge in [-0.2, -0.15) is 0 Å². The molecular formula is C12H13NO4. The van der Waals surface area contributed by atoms with Crippen LogP contribution in [0.15, 0.2) is 30.3 Å². The molecule has 2 N–H and O–H groups in total. The molecule has 5 nitrogen and oxygen atoms in total. The van der Waals surface area contributed by atoms with E-state index in [1.807, 2.05) is 0 Å². The average Bonchev–Trinajstić information content (AvgIpc) is 2.36. The van der Waals surface area contributed by atoms with E-state index in [4.69, 9.17) is 5.11 Å². The highest BCUT2D eigenvalue weighted by Crippen LogP contribution is 2.06. The van der Waals surface area contributed by atoms with Crippen LogP contribution < -0.4 is 5.48 Å². The third-order valence-corrected chi connectivity index (χ3v) is 2.01. The summed E-state index contributed by atoms with van der Waals surface area (Å²) in [7, 11) is 1.35. The topological polar surface area (TPSA) is 75.6 Å². The Morgan fingerprint density at radius 3 is 2.53 bits per heavy atom. The van der Waals surface area contributed by atoms with Gasteiger partial charge >= 0.3 is 0 Å². The van der Waals surface area contributed by atoms with Gasteiger partial charge in [0, 0.05) is 11.6 Å². The molecule has 0 aliphatic heterocycles. The molecule has 0 spiro atoms. The van der Waals surface area contributed by atoms with Crippen LogP contribution in [0, 0.1) is 0 Å². The van der Waals surface area contributed by atoms with Gasteiger partial charge in [0.15, 0.2) is 5.78 Å². The number of aliphatic hydroxyl groups is 1. The van der Waals surface area contributed by atoms with Crippen LogP contribution in [0.2, 0.25) is 0 Å².